The molecule has 1 N–H and O–H groups in total. The molecule has 144 valence electrons. The molecule has 0 radical (unpaired) electrons. The van der Waals surface area contributed by atoms with Crippen LogP contribution in [0.3, 0.4) is 0 Å². The minimum Gasteiger partial charge on any atom is -0.482 e. The molecule has 7 nitrogen and oxygen atoms in total. The molecule has 0 aliphatic rings. The number of carbonyl (C=O) groups is 2. The van der Waals surface area contributed by atoms with E-state index in [1.54, 1.807) is 31.2 Å². The maximum atomic E-state index is 12.0. The third-order valence-corrected chi connectivity index (χ3v) is 3.90. The lowest BCUT2D eigenvalue weighted by molar-refractivity contribution is -0.136. The van der Waals surface area contributed by atoms with Crippen molar-refractivity contribution in [2.45, 2.75) is 13.8 Å². The van der Waals surface area contributed by atoms with Gasteiger partial charge in [-0.15, -0.1) is 0 Å². The number of carbonyl (C=O) groups excluding carboxylic acids is 2. The van der Waals surface area contributed by atoms with E-state index in [0.717, 1.165) is 5.56 Å². The zero-order valence-corrected chi connectivity index (χ0v) is 15.5. The van der Waals surface area contributed by atoms with Crippen molar-refractivity contribution < 1.29 is 23.5 Å². The van der Waals surface area contributed by atoms with Crippen LogP contribution in [-0.4, -0.2) is 25.0 Å². The van der Waals surface area contributed by atoms with Crippen LogP contribution in [0.25, 0.3) is 11.0 Å². The summed E-state index contributed by atoms with van der Waals surface area (Å²) in [5, 5.41) is 3.09. The Kier molecular flexibility index (Phi) is 5.74. The molecule has 0 aliphatic carbocycles. The molecule has 3 aromatic rings. The molecule has 0 unspecified atom stereocenters. The third kappa shape index (κ3) is 4.56. The Balaban J connectivity index is 1.70. The highest BCUT2D eigenvalue weighted by Crippen LogP contribution is 2.21. The number of amides is 1. The smallest absolute Gasteiger partial charge is 0.349 e. The summed E-state index contributed by atoms with van der Waals surface area (Å²) in [5.41, 5.74) is 0.459. The number of aryl methyl sites for hydroxylation is 1. The number of hydrogen-bond donors (Lipinski definition) is 1. The first-order chi connectivity index (χ1) is 13.5. The summed E-state index contributed by atoms with van der Waals surface area (Å²) in [4.78, 5) is 35.9. The van der Waals surface area contributed by atoms with Gasteiger partial charge in [-0.05, 0) is 44.2 Å². The number of fused-ring (bicyclic) bond motifs is 1. The maximum Gasteiger partial charge on any atom is 0.349 e. The van der Waals surface area contributed by atoms with Gasteiger partial charge in [-0.3, -0.25) is 4.79 Å². The molecule has 1 aromatic heterocycles. The quantitative estimate of drug-likeness (QED) is 0.401. The van der Waals surface area contributed by atoms with Crippen LogP contribution >= 0.6 is 0 Å². The summed E-state index contributed by atoms with van der Waals surface area (Å²) in [6.45, 7) is 3.84. The maximum absolute atomic E-state index is 12.0. The van der Waals surface area contributed by atoms with Gasteiger partial charge in [-0.2, -0.15) is 0 Å². The van der Waals surface area contributed by atoms with Gasteiger partial charge in [-0.1, -0.05) is 17.7 Å². The number of rotatable bonds is 6. The fourth-order valence-electron chi connectivity index (χ4n) is 2.51. The molecule has 2 aromatic carbocycles. The number of nitrogens with one attached hydrogen (secondary N) is 1. The highest BCUT2D eigenvalue weighted by Gasteiger charge is 2.14. The van der Waals surface area contributed by atoms with Crippen molar-refractivity contribution in [3.8, 4) is 11.5 Å². The number of benzene rings is 2. The third-order valence-electron chi connectivity index (χ3n) is 3.90. The van der Waals surface area contributed by atoms with Gasteiger partial charge in [0.15, 0.2) is 6.61 Å². The Morgan fingerprint density at radius 2 is 1.75 bits per heavy atom. The number of esters is 1. The number of ether oxygens (including phenoxy) is 2. The second kappa shape index (κ2) is 8.39. The zero-order chi connectivity index (χ0) is 20.1. The predicted octanol–water partition coefficient (Wildman–Crippen LogP) is 2.84. The van der Waals surface area contributed by atoms with Crippen LogP contribution < -0.4 is 20.4 Å². The van der Waals surface area contributed by atoms with Gasteiger partial charge in [0.1, 0.15) is 22.6 Å². The molecule has 7 heteroatoms. The zero-order valence-electron chi connectivity index (χ0n) is 15.5. The van der Waals surface area contributed by atoms with Crippen LogP contribution in [0.5, 0.6) is 11.5 Å². The van der Waals surface area contributed by atoms with E-state index < -0.39 is 17.5 Å². The molecule has 1 heterocycles. The average molecular weight is 381 g/mol. The predicted molar refractivity (Wildman–Crippen MR) is 103 cm³/mol. The van der Waals surface area contributed by atoms with E-state index in [4.69, 9.17) is 13.9 Å². The molecule has 3 rings (SSSR count). The van der Waals surface area contributed by atoms with Crippen molar-refractivity contribution in [3.63, 3.8) is 0 Å². The Morgan fingerprint density at radius 3 is 2.46 bits per heavy atom. The van der Waals surface area contributed by atoms with Crippen LogP contribution in [0, 0.1) is 6.92 Å². The normalized spacial score (nSPS) is 10.5. The van der Waals surface area contributed by atoms with Crippen LogP contribution in [0.15, 0.2) is 57.7 Å². The van der Waals surface area contributed by atoms with E-state index in [1.807, 2.05) is 19.1 Å². The first-order valence-corrected chi connectivity index (χ1v) is 8.72. The second-order valence-electron chi connectivity index (χ2n) is 6.08. The van der Waals surface area contributed by atoms with Crippen LogP contribution in [0.4, 0.5) is 0 Å². The molecule has 0 bridgehead atoms. The molecule has 0 atom stereocenters. The van der Waals surface area contributed by atoms with Crippen molar-refractivity contribution in [2.75, 3.05) is 13.2 Å². The lowest BCUT2D eigenvalue weighted by atomic mass is 10.1. The van der Waals surface area contributed by atoms with Gasteiger partial charge < -0.3 is 19.2 Å². The lowest BCUT2D eigenvalue weighted by Crippen LogP contribution is -2.27. The van der Waals surface area contributed by atoms with E-state index in [2.05, 4.69) is 5.32 Å². The van der Waals surface area contributed by atoms with Gasteiger partial charge in [0.25, 0.3) is 5.91 Å². The second-order valence-corrected chi connectivity index (χ2v) is 6.08. The Bertz CT molecular complexity index is 1070. The van der Waals surface area contributed by atoms with Crippen molar-refractivity contribution in [2.24, 2.45) is 0 Å². The molecule has 0 fully saturated rings. The van der Waals surface area contributed by atoms with Crippen molar-refractivity contribution in [1.29, 1.82) is 0 Å². The largest absolute Gasteiger partial charge is 0.482 e. The minimum atomic E-state index is -0.760. The Labute approximate surface area is 160 Å². The summed E-state index contributed by atoms with van der Waals surface area (Å²) < 4.78 is 15.8. The Hall–Kier alpha value is -3.61. The van der Waals surface area contributed by atoms with Crippen LogP contribution in [0.2, 0.25) is 0 Å². The molecule has 0 saturated heterocycles. The summed E-state index contributed by atoms with van der Waals surface area (Å²) in [6, 6.07) is 13.3. The summed E-state index contributed by atoms with van der Waals surface area (Å²) in [5.74, 6) is -0.327. The highest BCUT2D eigenvalue weighted by molar-refractivity contribution is 5.96. The summed E-state index contributed by atoms with van der Waals surface area (Å²) >= 11 is 0. The van der Waals surface area contributed by atoms with E-state index >= 15 is 0 Å². The molecule has 0 saturated carbocycles. The molecular formula is C21H19NO6. The van der Waals surface area contributed by atoms with E-state index in [-0.39, 0.29) is 23.5 Å². The standard InChI is InChI=1S/C21H19NO6/c1-3-22-20(24)17-10-14-6-9-16(11-18(14)28-21(17)25)27-19(23)12-26-15-7-4-13(2)5-8-15/h4-11H,3,12H2,1-2H3,(H,22,24). The molecule has 0 spiro atoms. The van der Waals surface area contributed by atoms with E-state index in [0.29, 0.717) is 17.7 Å². The Morgan fingerprint density at radius 1 is 1.04 bits per heavy atom. The monoisotopic (exact) mass is 381 g/mol. The van der Waals surface area contributed by atoms with Crippen LogP contribution in [-0.2, 0) is 4.79 Å². The minimum absolute atomic E-state index is 0.0782. The molecule has 28 heavy (non-hydrogen) atoms. The van der Waals surface area contributed by atoms with Crippen molar-refractivity contribution in [3.05, 3.63) is 70.1 Å². The van der Waals surface area contributed by atoms with Crippen molar-refractivity contribution >= 4 is 22.8 Å². The first kappa shape index (κ1) is 19.2. The van der Waals surface area contributed by atoms with Gasteiger partial charge in [0, 0.05) is 18.0 Å². The number of hydrogen-bond acceptors (Lipinski definition) is 6. The van der Waals surface area contributed by atoms with Gasteiger partial charge in [0.2, 0.25) is 0 Å². The molecule has 1 amide bonds. The average Bonchev–Trinajstić information content (AvgIpc) is 2.67. The first-order valence-electron chi connectivity index (χ1n) is 8.72. The molecule has 0 aliphatic heterocycles. The van der Waals surface area contributed by atoms with E-state index in [9.17, 15) is 14.4 Å². The van der Waals surface area contributed by atoms with E-state index in [1.165, 1.54) is 12.1 Å². The van der Waals surface area contributed by atoms with Crippen LogP contribution in [0.1, 0.15) is 22.8 Å². The molecular weight excluding hydrogens is 362 g/mol. The summed E-state index contributed by atoms with van der Waals surface area (Å²) in [7, 11) is 0. The lowest BCUT2D eigenvalue weighted by Gasteiger charge is -2.08. The van der Waals surface area contributed by atoms with Gasteiger partial charge in [0.05, 0.1) is 0 Å². The highest BCUT2D eigenvalue weighted by atomic mass is 16.6. The van der Waals surface area contributed by atoms with Gasteiger partial charge >= 0.3 is 11.6 Å². The van der Waals surface area contributed by atoms with Crippen molar-refractivity contribution in [1.82, 2.24) is 5.32 Å². The fraction of sp³-hybridized carbons (Fsp3) is 0.190. The topological polar surface area (TPSA) is 94.8 Å². The SMILES string of the molecule is CCNC(=O)c1cc2ccc(OC(=O)COc3ccc(C)cc3)cc2oc1=O. The summed E-state index contributed by atoms with van der Waals surface area (Å²) in [6.07, 6.45) is 0. The fourth-order valence-corrected chi connectivity index (χ4v) is 2.51. The van der Waals surface area contributed by atoms with Gasteiger partial charge in [-0.25, -0.2) is 9.59 Å².